The number of rotatable bonds is 6. The molecule has 2 atom stereocenters. The number of amides is 2. The lowest BCUT2D eigenvalue weighted by Crippen LogP contribution is -2.40. The van der Waals surface area contributed by atoms with Crippen LogP contribution in [0, 0.1) is 0 Å². The molecular formula is C21H18BrNO3. The van der Waals surface area contributed by atoms with E-state index in [1.807, 2.05) is 60.7 Å². The molecule has 1 heterocycles. The third kappa shape index (κ3) is 3.99. The first-order valence-corrected chi connectivity index (χ1v) is 9.30. The third-order valence-corrected chi connectivity index (χ3v) is 5.25. The molecule has 0 unspecified atom stereocenters. The number of carbonyl (C=O) groups is 3. The van der Waals surface area contributed by atoms with Crippen molar-refractivity contribution in [2.45, 2.75) is 23.7 Å². The minimum absolute atomic E-state index is 0.190. The molecule has 2 aromatic rings. The topological polar surface area (TPSA) is 54.5 Å². The van der Waals surface area contributed by atoms with E-state index >= 15 is 0 Å². The fourth-order valence-corrected chi connectivity index (χ4v) is 3.69. The zero-order chi connectivity index (χ0) is 18.5. The summed E-state index contributed by atoms with van der Waals surface area (Å²) in [7, 11) is 0. The van der Waals surface area contributed by atoms with Crippen molar-refractivity contribution in [3.05, 3.63) is 77.9 Å². The summed E-state index contributed by atoms with van der Waals surface area (Å²) < 4.78 is 0. The van der Waals surface area contributed by atoms with Gasteiger partial charge in [0.1, 0.15) is 4.83 Å². The van der Waals surface area contributed by atoms with Crippen LogP contribution >= 0.6 is 15.9 Å². The number of benzene rings is 2. The molecule has 132 valence electrons. The number of imide groups is 1. The van der Waals surface area contributed by atoms with Crippen molar-refractivity contribution in [2.24, 2.45) is 0 Å². The monoisotopic (exact) mass is 411 g/mol. The first kappa shape index (κ1) is 18.3. The second kappa shape index (κ2) is 8.23. The van der Waals surface area contributed by atoms with E-state index in [0.717, 1.165) is 11.1 Å². The van der Waals surface area contributed by atoms with Crippen molar-refractivity contribution in [3.63, 3.8) is 0 Å². The normalized spacial score (nSPS) is 16.9. The predicted molar refractivity (Wildman–Crippen MR) is 103 cm³/mol. The molecule has 0 N–H and O–H groups in total. The minimum Gasteiger partial charge on any atom is -0.293 e. The second-order valence-electron chi connectivity index (χ2n) is 6.06. The number of ketones is 1. The van der Waals surface area contributed by atoms with Crippen LogP contribution in [0.1, 0.15) is 30.0 Å². The molecule has 5 heteroatoms. The van der Waals surface area contributed by atoms with Gasteiger partial charge >= 0.3 is 0 Å². The van der Waals surface area contributed by atoms with E-state index in [4.69, 9.17) is 0 Å². The molecule has 1 aliphatic heterocycles. The van der Waals surface area contributed by atoms with Gasteiger partial charge in [-0.15, -0.1) is 0 Å². The zero-order valence-electron chi connectivity index (χ0n) is 14.0. The Labute approximate surface area is 160 Å². The summed E-state index contributed by atoms with van der Waals surface area (Å²) in [6.07, 6.45) is 3.59. The van der Waals surface area contributed by atoms with Gasteiger partial charge in [0.15, 0.2) is 5.78 Å². The van der Waals surface area contributed by atoms with Crippen LogP contribution < -0.4 is 0 Å². The lowest BCUT2D eigenvalue weighted by atomic mass is 9.99. The molecule has 2 amide bonds. The highest BCUT2D eigenvalue weighted by molar-refractivity contribution is 9.10. The molecule has 4 nitrogen and oxygen atoms in total. The summed E-state index contributed by atoms with van der Waals surface area (Å²) in [5, 5.41) is 0. The number of alkyl halides is 1. The van der Waals surface area contributed by atoms with Gasteiger partial charge in [-0.3, -0.25) is 19.3 Å². The van der Waals surface area contributed by atoms with Crippen LogP contribution in [-0.2, 0) is 14.4 Å². The Morgan fingerprint density at radius 1 is 0.923 bits per heavy atom. The molecular weight excluding hydrogens is 394 g/mol. The smallest absolute Gasteiger partial charge is 0.230 e. The molecule has 1 aliphatic rings. The quantitative estimate of drug-likeness (QED) is 0.411. The van der Waals surface area contributed by atoms with E-state index in [-0.39, 0.29) is 30.4 Å². The van der Waals surface area contributed by atoms with E-state index in [9.17, 15) is 14.4 Å². The Balaban J connectivity index is 1.89. The van der Waals surface area contributed by atoms with Gasteiger partial charge in [-0.2, -0.15) is 0 Å². The lowest BCUT2D eigenvalue weighted by Gasteiger charge is -2.29. The predicted octanol–water partition coefficient (Wildman–Crippen LogP) is 3.92. The average Bonchev–Trinajstić information content (AvgIpc) is 3.00. The van der Waals surface area contributed by atoms with E-state index < -0.39 is 10.9 Å². The van der Waals surface area contributed by atoms with Crippen molar-refractivity contribution in [1.29, 1.82) is 0 Å². The van der Waals surface area contributed by atoms with Crippen molar-refractivity contribution in [3.8, 4) is 0 Å². The molecule has 1 saturated heterocycles. The maximum atomic E-state index is 12.7. The molecule has 1 fully saturated rings. The van der Waals surface area contributed by atoms with Crippen LogP contribution in [0.2, 0.25) is 0 Å². The van der Waals surface area contributed by atoms with Crippen LogP contribution in [0.4, 0.5) is 0 Å². The van der Waals surface area contributed by atoms with Crippen molar-refractivity contribution >= 4 is 39.6 Å². The van der Waals surface area contributed by atoms with Gasteiger partial charge in [0.2, 0.25) is 11.8 Å². The number of hydrogen-bond donors (Lipinski definition) is 0. The number of nitrogens with zero attached hydrogens (tertiary/aromatic N) is 1. The van der Waals surface area contributed by atoms with Gasteiger partial charge in [0.05, 0.1) is 6.04 Å². The van der Waals surface area contributed by atoms with Crippen molar-refractivity contribution in [2.75, 3.05) is 0 Å². The van der Waals surface area contributed by atoms with Crippen LogP contribution in [-0.4, -0.2) is 27.3 Å². The Hall–Kier alpha value is -2.53. The van der Waals surface area contributed by atoms with Crippen LogP contribution in [0.25, 0.3) is 6.08 Å². The second-order valence-corrected chi connectivity index (χ2v) is 7.05. The van der Waals surface area contributed by atoms with Crippen LogP contribution in [0.5, 0.6) is 0 Å². The van der Waals surface area contributed by atoms with Crippen molar-refractivity contribution < 1.29 is 14.4 Å². The maximum Gasteiger partial charge on any atom is 0.230 e. The van der Waals surface area contributed by atoms with Crippen molar-refractivity contribution in [1.82, 2.24) is 4.90 Å². The number of likely N-dealkylation sites (tertiary alicyclic amines) is 1. The first-order chi connectivity index (χ1) is 12.6. The van der Waals surface area contributed by atoms with Gasteiger partial charge in [-0.25, -0.2) is 0 Å². The summed E-state index contributed by atoms with van der Waals surface area (Å²) in [6, 6.07) is 18.0. The molecule has 26 heavy (non-hydrogen) atoms. The first-order valence-electron chi connectivity index (χ1n) is 8.39. The summed E-state index contributed by atoms with van der Waals surface area (Å²) in [5.74, 6) is -0.684. The van der Waals surface area contributed by atoms with Gasteiger partial charge in [-0.1, -0.05) is 82.7 Å². The zero-order valence-corrected chi connectivity index (χ0v) is 15.6. The standard InChI is InChI=1S/C21H18BrNO3/c22-20(17(24)12-11-15-7-3-1-4-8-15)21(16-9-5-2-6-10-16)23-18(25)13-14-19(23)26/h1-12,20-21H,13-14H2/b12-11+/t20-,21+/m0/s1. The molecule has 0 spiro atoms. The number of hydrogen-bond acceptors (Lipinski definition) is 3. The SMILES string of the molecule is O=C(/C=C/c1ccccc1)[C@H](Br)[C@@H](c1ccccc1)N1C(=O)CCC1=O. The summed E-state index contributed by atoms with van der Waals surface area (Å²) in [6.45, 7) is 0. The highest BCUT2D eigenvalue weighted by atomic mass is 79.9. The molecule has 0 aliphatic carbocycles. The van der Waals surface area contributed by atoms with E-state index in [1.54, 1.807) is 6.08 Å². The third-order valence-electron chi connectivity index (χ3n) is 4.30. The maximum absolute atomic E-state index is 12.7. The summed E-state index contributed by atoms with van der Waals surface area (Å²) in [5.41, 5.74) is 1.66. The molecule has 0 aromatic heterocycles. The average molecular weight is 412 g/mol. The van der Waals surface area contributed by atoms with E-state index in [0.29, 0.717) is 0 Å². The Kier molecular flexibility index (Phi) is 5.78. The minimum atomic E-state index is -0.712. The van der Waals surface area contributed by atoms with Gasteiger partial charge < -0.3 is 0 Å². The number of carbonyl (C=O) groups excluding carboxylic acids is 3. The molecule has 0 radical (unpaired) electrons. The number of halogens is 1. The van der Waals surface area contributed by atoms with Gasteiger partial charge in [0, 0.05) is 12.8 Å². The fourth-order valence-electron chi connectivity index (χ4n) is 2.99. The Morgan fingerprint density at radius 2 is 1.46 bits per heavy atom. The molecule has 3 rings (SSSR count). The number of allylic oxidation sites excluding steroid dienone is 1. The lowest BCUT2D eigenvalue weighted by molar-refractivity contribution is -0.141. The Bertz CT molecular complexity index is 817. The molecule has 0 bridgehead atoms. The van der Waals surface area contributed by atoms with E-state index in [1.165, 1.54) is 11.0 Å². The van der Waals surface area contributed by atoms with E-state index in [2.05, 4.69) is 15.9 Å². The molecule has 2 aromatic carbocycles. The van der Waals surface area contributed by atoms with Gasteiger partial charge in [-0.05, 0) is 17.2 Å². The summed E-state index contributed by atoms with van der Waals surface area (Å²) in [4.78, 5) is 37.8. The fraction of sp³-hybridized carbons (Fsp3) is 0.190. The highest BCUT2D eigenvalue weighted by Crippen LogP contribution is 2.34. The highest BCUT2D eigenvalue weighted by Gasteiger charge is 2.40. The molecule has 0 saturated carbocycles. The van der Waals surface area contributed by atoms with Crippen LogP contribution in [0.3, 0.4) is 0 Å². The Morgan fingerprint density at radius 3 is 2.04 bits per heavy atom. The van der Waals surface area contributed by atoms with Crippen LogP contribution in [0.15, 0.2) is 66.7 Å². The summed E-state index contributed by atoms with van der Waals surface area (Å²) >= 11 is 3.44. The largest absolute Gasteiger partial charge is 0.293 e. The van der Waals surface area contributed by atoms with Gasteiger partial charge in [0.25, 0.3) is 0 Å².